The molecule has 0 saturated carbocycles. The van der Waals surface area contributed by atoms with E-state index in [0.29, 0.717) is 18.2 Å². The number of aryl methyl sites for hydroxylation is 1. The number of anilines is 2. The maximum atomic E-state index is 13.7. The molecule has 0 atom stereocenters. The summed E-state index contributed by atoms with van der Waals surface area (Å²) >= 11 is 0. The zero-order chi connectivity index (χ0) is 19.2. The number of para-hydroxylation sites is 2. The van der Waals surface area contributed by atoms with Crippen LogP contribution in [0.5, 0.6) is 5.75 Å². The number of carbonyl (C=O) groups excluding carboxylic acids is 1. The van der Waals surface area contributed by atoms with Gasteiger partial charge in [-0.3, -0.25) is 4.79 Å². The fraction of sp³-hybridized carbons (Fsp3) is 0.150. The minimum atomic E-state index is -0.508. The van der Waals surface area contributed by atoms with Crippen molar-refractivity contribution in [2.45, 2.75) is 13.5 Å². The molecular weight excluding hydrogens is 347 g/mol. The summed E-state index contributed by atoms with van der Waals surface area (Å²) in [4.78, 5) is 21.0. The quantitative estimate of drug-likeness (QED) is 0.694. The Balaban J connectivity index is 1.76. The van der Waals surface area contributed by atoms with E-state index >= 15 is 0 Å². The summed E-state index contributed by atoms with van der Waals surface area (Å²) in [5, 5.41) is 5.61. The van der Waals surface area contributed by atoms with E-state index in [4.69, 9.17) is 4.74 Å². The van der Waals surface area contributed by atoms with Crippen molar-refractivity contribution in [1.29, 1.82) is 0 Å². The van der Waals surface area contributed by atoms with E-state index in [1.165, 1.54) is 12.1 Å². The zero-order valence-electron chi connectivity index (χ0n) is 15.0. The molecule has 3 aromatic rings. The predicted molar refractivity (Wildman–Crippen MR) is 101 cm³/mol. The number of halogens is 1. The monoisotopic (exact) mass is 366 g/mol. The summed E-state index contributed by atoms with van der Waals surface area (Å²) < 4.78 is 19.0. The van der Waals surface area contributed by atoms with Gasteiger partial charge in [0.15, 0.2) is 0 Å². The highest BCUT2D eigenvalue weighted by Crippen LogP contribution is 2.19. The minimum Gasteiger partial charge on any atom is -0.496 e. The first-order valence-electron chi connectivity index (χ1n) is 8.34. The topological polar surface area (TPSA) is 76.1 Å². The summed E-state index contributed by atoms with van der Waals surface area (Å²) in [7, 11) is 1.60. The number of nitrogens with one attached hydrogen (secondary N) is 2. The number of hydrogen-bond donors (Lipinski definition) is 2. The second-order valence-corrected chi connectivity index (χ2v) is 5.82. The smallest absolute Gasteiger partial charge is 0.274 e. The van der Waals surface area contributed by atoms with E-state index in [0.717, 1.165) is 11.3 Å². The van der Waals surface area contributed by atoms with Gasteiger partial charge in [-0.1, -0.05) is 30.3 Å². The summed E-state index contributed by atoms with van der Waals surface area (Å²) in [6.45, 7) is 2.19. The van der Waals surface area contributed by atoms with Crippen molar-refractivity contribution in [1.82, 2.24) is 9.97 Å². The number of rotatable bonds is 6. The third-order valence-corrected chi connectivity index (χ3v) is 3.84. The van der Waals surface area contributed by atoms with E-state index < -0.39 is 11.7 Å². The molecule has 0 aliphatic rings. The summed E-state index contributed by atoms with van der Waals surface area (Å²) in [6.07, 6.45) is 0. The van der Waals surface area contributed by atoms with Crippen LogP contribution in [-0.4, -0.2) is 23.0 Å². The molecule has 0 saturated heterocycles. The number of nitrogens with zero attached hydrogens (tertiary/aromatic N) is 2. The molecule has 0 unspecified atom stereocenters. The van der Waals surface area contributed by atoms with Crippen LogP contribution in [0, 0.1) is 12.7 Å². The van der Waals surface area contributed by atoms with Crippen molar-refractivity contribution in [3.8, 4) is 5.75 Å². The Bertz CT molecular complexity index is 962. The van der Waals surface area contributed by atoms with Gasteiger partial charge in [0, 0.05) is 17.8 Å². The van der Waals surface area contributed by atoms with E-state index in [1.54, 1.807) is 32.2 Å². The van der Waals surface area contributed by atoms with Crippen LogP contribution in [0.15, 0.2) is 54.6 Å². The molecule has 0 fully saturated rings. The third-order valence-electron chi connectivity index (χ3n) is 3.84. The molecule has 0 spiro atoms. The predicted octanol–water partition coefficient (Wildman–Crippen LogP) is 3.80. The molecule has 1 amide bonds. The van der Waals surface area contributed by atoms with Gasteiger partial charge in [-0.05, 0) is 31.2 Å². The van der Waals surface area contributed by atoms with E-state index in [2.05, 4.69) is 20.6 Å². The van der Waals surface area contributed by atoms with Crippen molar-refractivity contribution in [2.75, 3.05) is 17.7 Å². The Kier molecular flexibility index (Phi) is 5.61. The number of ether oxygens (including phenoxy) is 1. The van der Waals surface area contributed by atoms with Crippen LogP contribution in [0.2, 0.25) is 0 Å². The van der Waals surface area contributed by atoms with Gasteiger partial charge in [0.25, 0.3) is 5.91 Å². The Hall–Kier alpha value is -3.48. The van der Waals surface area contributed by atoms with Gasteiger partial charge in [0.1, 0.15) is 17.3 Å². The molecule has 7 heteroatoms. The van der Waals surface area contributed by atoms with E-state index in [1.807, 2.05) is 24.3 Å². The first-order valence-corrected chi connectivity index (χ1v) is 8.34. The molecular formula is C20H19FN4O2. The van der Waals surface area contributed by atoms with Crippen LogP contribution in [0.3, 0.4) is 0 Å². The minimum absolute atomic E-state index is 0.0993. The number of amides is 1. The highest BCUT2D eigenvalue weighted by molar-refractivity contribution is 6.03. The lowest BCUT2D eigenvalue weighted by molar-refractivity contribution is 0.102. The number of hydrogen-bond acceptors (Lipinski definition) is 5. The molecule has 0 radical (unpaired) electrons. The zero-order valence-corrected chi connectivity index (χ0v) is 15.0. The van der Waals surface area contributed by atoms with E-state index in [9.17, 15) is 9.18 Å². The van der Waals surface area contributed by atoms with Crippen molar-refractivity contribution in [2.24, 2.45) is 0 Å². The first kappa shape index (κ1) is 18.3. The largest absolute Gasteiger partial charge is 0.496 e. The lowest BCUT2D eigenvalue weighted by Crippen LogP contribution is -2.17. The number of carbonyl (C=O) groups is 1. The Morgan fingerprint density at radius 1 is 1.11 bits per heavy atom. The average Bonchev–Trinajstić information content (AvgIpc) is 2.68. The molecule has 2 aromatic carbocycles. The molecule has 1 heterocycles. The summed E-state index contributed by atoms with van der Waals surface area (Å²) in [5.41, 5.74) is 1.80. The SMILES string of the molecule is COc1ccccc1CNc1nc(C)cc(C(=O)Nc2ccccc2F)n1. The molecule has 6 nitrogen and oxygen atoms in total. The summed E-state index contributed by atoms with van der Waals surface area (Å²) in [6, 6.07) is 15.1. The van der Waals surface area contributed by atoms with Crippen LogP contribution >= 0.6 is 0 Å². The second-order valence-electron chi connectivity index (χ2n) is 5.82. The lowest BCUT2D eigenvalue weighted by atomic mass is 10.2. The van der Waals surface area contributed by atoms with E-state index in [-0.39, 0.29) is 11.4 Å². The van der Waals surface area contributed by atoms with Crippen molar-refractivity contribution in [3.63, 3.8) is 0 Å². The third kappa shape index (κ3) is 4.58. The Morgan fingerprint density at radius 3 is 2.63 bits per heavy atom. The molecule has 3 rings (SSSR count). The molecule has 27 heavy (non-hydrogen) atoms. The van der Waals surface area contributed by atoms with Gasteiger partial charge >= 0.3 is 0 Å². The van der Waals surface area contributed by atoms with Gasteiger partial charge in [-0.2, -0.15) is 0 Å². The summed E-state index contributed by atoms with van der Waals surface area (Å²) in [5.74, 6) is 0.0341. The number of methoxy groups -OCH3 is 1. The number of benzene rings is 2. The molecule has 0 aliphatic heterocycles. The van der Waals surface area contributed by atoms with Crippen molar-refractivity contribution in [3.05, 3.63) is 77.4 Å². The Morgan fingerprint density at radius 2 is 1.85 bits per heavy atom. The molecule has 138 valence electrons. The van der Waals surface area contributed by atoms with Crippen molar-refractivity contribution >= 4 is 17.5 Å². The Labute approximate surface area is 156 Å². The molecule has 1 aromatic heterocycles. The maximum absolute atomic E-state index is 13.7. The lowest BCUT2D eigenvalue weighted by Gasteiger charge is -2.11. The average molecular weight is 366 g/mol. The van der Waals surface area contributed by atoms with Crippen LogP contribution in [-0.2, 0) is 6.54 Å². The highest BCUT2D eigenvalue weighted by atomic mass is 19.1. The highest BCUT2D eigenvalue weighted by Gasteiger charge is 2.13. The van der Waals surface area contributed by atoms with Crippen LogP contribution in [0.25, 0.3) is 0 Å². The van der Waals surface area contributed by atoms with Gasteiger partial charge < -0.3 is 15.4 Å². The fourth-order valence-electron chi connectivity index (χ4n) is 2.54. The number of aromatic nitrogens is 2. The van der Waals surface area contributed by atoms with Gasteiger partial charge in [0.2, 0.25) is 5.95 Å². The normalized spacial score (nSPS) is 10.3. The van der Waals surface area contributed by atoms with Gasteiger partial charge in [-0.25, -0.2) is 14.4 Å². The maximum Gasteiger partial charge on any atom is 0.274 e. The van der Waals surface area contributed by atoms with Gasteiger partial charge in [-0.15, -0.1) is 0 Å². The standard InChI is InChI=1S/C20H19FN4O2/c1-13-11-17(19(26)24-16-9-5-4-8-15(16)21)25-20(23-13)22-12-14-7-3-6-10-18(14)27-2/h3-11H,12H2,1-2H3,(H,24,26)(H,22,23,25). The van der Waals surface area contributed by atoms with Crippen LogP contribution in [0.4, 0.5) is 16.0 Å². The second kappa shape index (κ2) is 8.27. The first-order chi connectivity index (χ1) is 13.1. The molecule has 0 aliphatic carbocycles. The molecule has 0 bridgehead atoms. The van der Waals surface area contributed by atoms with Crippen molar-refractivity contribution < 1.29 is 13.9 Å². The van der Waals surface area contributed by atoms with Crippen LogP contribution < -0.4 is 15.4 Å². The van der Waals surface area contributed by atoms with Crippen LogP contribution in [0.1, 0.15) is 21.7 Å². The van der Waals surface area contributed by atoms with Gasteiger partial charge in [0.05, 0.1) is 12.8 Å². The molecule has 2 N–H and O–H groups in total. The fourth-order valence-corrected chi connectivity index (χ4v) is 2.54.